The molecule has 2 aromatic heterocycles. The van der Waals surface area contributed by atoms with Gasteiger partial charge in [-0.25, -0.2) is 9.67 Å². The molecule has 0 amide bonds. The summed E-state index contributed by atoms with van der Waals surface area (Å²) in [5, 5.41) is 8.36. The zero-order valence-corrected chi connectivity index (χ0v) is 12.7. The molecule has 1 aromatic carbocycles. The van der Waals surface area contributed by atoms with Crippen molar-refractivity contribution in [3.63, 3.8) is 0 Å². The van der Waals surface area contributed by atoms with Gasteiger partial charge in [0.2, 0.25) is 0 Å². The van der Waals surface area contributed by atoms with Gasteiger partial charge < -0.3 is 14.0 Å². The highest BCUT2D eigenvalue weighted by molar-refractivity contribution is 5.63. The first-order valence-corrected chi connectivity index (χ1v) is 6.80. The summed E-state index contributed by atoms with van der Waals surface area (Å²) in [5.41, 5.74) is 1.69. The average Bonchev–Trinajstić information content (AvgIpc) is 3.17. The Morgan fingerprint density at radius 3 is 2.64 bits per heavy atom. The third-order valence-electron chi connectivity index (χ3n) is 3.44. The van der Waals surface area contributed by atoms with E-state index in [9.17, 15) is 0 Å². The lowest BCUT2D eigenvalue weighted by Crippen LogP contribution is -2.06. The fraction of sp³-hybridized carbons (Fsp3) is 0.267. The van der Waals surface area contributed by atoms with Crippen LogP contribution in [0.3, 0.4) is 0 Å². The number of methoxy groups -OCH3 is 2. The van der Waals surface area contributed by atoms with Crippen LogP contribution < -0.4 is 9.47 Å². The van der Waals surface area contributed by atoms with Crippen LogP contribution in [0.4, 0.5) is 0 Å². The second kappa shape index (κ2) is 5.88. The van der Waals surface area contributed by atoms with Crippen LogP contribution in [0.5, 0.6) is 11.5 Å². The molecule has 114 valence electrons. The second-order valence-electron chi connectivity index (χ2n) is 4.83. The van der Waals surface area contributed by atoms with Crippen molar-refractivity contribution in [2.45, 2.75) is 6.54 Å². The standard InChI is InChI=1S/C15H17N5O2/c1-19-7-6-16-15(19)10-20-9-12(17-18-20)11-4-5-13(21-2)14(8-11)22-3/h4-9H,10H2,1-3H3. The first-order chi connectivity index (χ1) is 10.7. The summed E-state index contributed by atoms with van der Waals surface area (Å²) in [4.78, 5) is 4.28. The van der Waals surface area contributed by atoms with Gasteiger partial charge in [0.1, 0.15) is 18.1 Å². The molecule has 3 rings (SSSR count). The molecule has 7 heteroatoms. The molecule has 0 fully saturated rings. The lowest BCUT2D eigenvalue weighted by atomic mass is 10.1. The number of ether oxygens (including phenoxy) is 2. The Hall–Kier alpha value is -2.83. The molecule has 0 radical (unpaired) electrons. The largest absolute Gasteiger partial charge is 0.493 e. The first-order valence-electron chi connectivity index (χ1n) is 6.80. The van der Waals surface area contributed by atoms with E-state index in [2.05, 4.69) is 15.3 Å². The average molecular weight is 299 g/mol. The molecule has 0 N–H and O–H groups in total. The van der Waals surface area contributed by atoms with Gasteiger partial charge in [-0.2, -0.15) is 0 Å². The molecule has 0 saturated carbocycles. The summed E-state index contributed by atoms with van der Waals surface area (Å²) in [6.07, 6.45) is 5.55. The van der Waals surface area contributed by atoms with Crippen molar-refractivity contribution in [1.29, 1.82) is 0 Å². The molecule has 0 atom stereocenters. The summed E-state index contributed by atoms with van der Waals surface area (Å²) in [6, 6.07) is 5.66. The zero-order chi connectivity index (χ0) is 15.5. The molecule has 0 unspecified atom stereocenters. The Bertz CT molecular complexity index is 778. The predicted molar refractivity (Wildman–Crippen MR) is 80.9 cm³/mol. The van der Waals surface area contributed by atoms with Crippen LogP contribution >= 0.6 is 0 Å². The Morgan fingerprint density at radius 1 is 1.14 bits per heavy atom. The van der Waals surface area contributed by atoms with Crippen molar-refractivity contribution in [2.24, 2.45) is 7.05 Å². The number of imidazole rings is 1. The van der Waals surface area contributed by atoms with E-state index < -0.39 is 0 Å². The van der Waals surface area contributed by atoms with Crippen molar-refractivity contribution < 1.29 is 9.47 Å². The molecular weight excluding hydrogens is 282 g/mol. The smallest absolute Gasteiger partial charge is 0.161 e. The van der Waals surface area contributed by atoms with E-state index >= 15 is 0 Å². The number of aryl methyl sites for hydroxylation is 1. The normalized spacial score (nSPS) is 10.7. The van der Waals surface area contributed by atoms with Crippen molar-refractivity contribution >= 4 is 0 Å². The minimum atomic E-state index is 0.573. The molecule has 0 aliphatic carbocycles. The van der Waals surface area contributed by atoms with Crippen LogP contribution in [0.1, 0.15) is 5.82 Å². The number of nitrogens with zero attached hydrogens (tertiary/aromatic N) is 5. The van der Waals surface area contributed by atoms with E-state index in [0.29, 0.717) is 18.0 Å². The predicted octanol–water partition coefficient (Wildman–Crippen LogP) is 1.74. The van der Waals surface area contributed by atoms with Gasteiger partial charge in [0.15, 0.2) is 11.5 Å². The Labute approximate surface area is 128 Å². The van der Waals surface area contributed by atoms with Gasteiger partial charge >= 0.3 is 0 Å². The minimum Gasteiger partial charge on any atom is -0.493 e. The van der Waals surface area contributed by atoms with Gasteiger partial charge in [-0.1, -0.05) is 5.21 Å². The van der Waals surface area contributed by atoms with E-state index in [1.54, 1.807) is 25.1 Å². The van der Waals surface area contributed by atoms with Gasteiger partial charge in [0, 0.05) is 25.0 Å². The SMILES string of the molecule is COc1ccc(-c2cn(Cc3nccn3C)nn2)cc1OC. The fourth-order valence-electron chi connectivity index (χ4n) is 2.20. The van der Waals surface area contributed by atoms with Crippen LogP contribution in [0.15, 0.2) is 36.8 Å². The van der Waals surface area contributed by atoms with Crippen molar-refractivity contribution in [1.82, 2.24) is 24.5 Å². The van der Waals surface area contributed by atoms with Crippen LogP contribution in [-0.4, -0.2) is 38.8 Å². The van der Waals surface area contributed by atoms with E-state index in [4.69, 9.17) is 9.47 Å². The lowest BCUT2D eigenvalue weighted by Gasteiger charge is -2.08. The minimum absolute atomic E-state index is 0.573. The van der Waals surface area contributed by atoms with Crippen LogP contribution in [0.25, 0.3) is 11.3 Å². The lowest BCUT2D eigenvalue weighted by molar-refractivity contribution is 0.355. The highest BCUT2D eigenvalue weighted by atomic mass is 16.5. The highest BCUT2D eigenvalue weighted by Crippen LogP contribution is 2.31. The van der Waals surface area contributed by atoms with Crippen molar-refractivity contribution in [2.75, 3.05) is 14.2 Å². The van der Waals surface area contributed by atoms with E-state index in [-0.39, 0.29) is 0 Å². The molecular formula is C15H17N5O2. The monoisotopic (exact) mass is 299 g/mol. The molecule has 0 aliphatic heterocycles. The third-order valence-corrected chi connectivity index (χ3v) is 3.44. The molecule has 3 aromatic rings. The molecule has 2 heterocycles. The topological polar surface area (TPSA) is 67.0 Å². The van der Waals surface area contributed by atoms with E-state index in [1.807, 2.05) is 42.2 Å². The van der Waals surface area contributed by atoms with Crippen molar-refractivity contribution in [3.05, 3.63) is 42.6 Å². The summed E-state index contributed by atoms with van der Waals surface area (Å²) < 4.78 is 14.3. The molecule has 0 saturated heterocycles. The Balaban J connectivity index is 1.86. The second-order valence-corrected chi connectivity index (χ2v) is 4.83. The van der Waals surface area contributed by atoms with Gasteiger partial charge in [-0.15, -0.1) is 5.10 Å². The third kappa shape index (κ3) is 2.65. The van der Waals surface area contributed by atoms with Gasteiger partial charge in [0.05, 0.1) is 20.4 Å². The summed E-state index contributed by atoms with van der Waals surface area (Å²) in [6.45, 7) is 0.573. The van der Waals surface area contributed by atoms with Gasteiger partial charge in [-0.05, 0) is 18.2 Å². The molecule has 0 bridgehead atoms. The maximum atomic E-state index is 5.31. The zero-order valence-electron chi connectivity index (χ0n) is 12.7. The molecule has 22 heavy (non-hydrogen) atoms. The molecule has 7 nitrogen and oxygen atoms in total. The summed E-state index contributed by atoms with van der Waals surface area (Å²) in [7, 11) is 5.18. The van der Waals surface area contributed by atoms with Crippen LogP contribution in [-0.2, 0) is 13.6 Å². The number of hydrogen-bond donors (Lipinski definition) is 0. The maximum Gasteiger partial charge on any atom is 0.161 e. The van der Waals surface area contributed by atoms with Gasteiger partial charge in [-0.3, -0.25) is 0 Å². The van der Waals surface area contributed by atoms with E-state index in [0.717, 1.165) is 17.1 Å². The molecule has 0 spiro atoms. The van der Waals surface area contributed by atoms with Gasteiger partial charge in [0.25, 0.3) is 0 Å². The number of hydrogen-bond acceptors (Lipinski definition) is 5. The fourth-order valence-corrected chi connectivity index (χ4v) is 2.20. The number of benzene rings is 1. The first kappa shape index (κ1) is 14.1. The Kier molecular flexibility index (Phi) is 3.78. The Morgan fingerprint density at radius 2 is 1.95 bits per heavy atom. The van der Waals surface area contributed by atoms with Crippen LogP contribution in [0.2, 0.25) is 0 Å². The summed E-state index contributed by atoms with van der Waals surface area (Å²) >= 11 is 0. The maximum absolute atomic E-state index is 5.31. The summed E-state index contributed by atoms with van der Waals surface area (Å²) in [5.74, 6) is 2.27. The number of rotatable bonds is 5. The van der Waals surface area contributed by atoms with Crippen molar-refractivity contribution in [3.8, 4) is 22.8 Å². The quantitative estimate of drug-likeness (QED) is 0.718. The van der Waals surface area contributed by atoms with Crippen LogP contribution in [0, 0.1) is 0 Å². The number of aromatic nitrogens is 5. The molecule has 0 aliphatic rings. The van der Waals surface area contributed by atoms with E-state index in [1.165, 1.54) is 0 Å². The highest BCUT2D eigenvalue weighted by Gasteiger charge is 2.10.